The number of aromatic nitrogens is 2. The summed E-state index contributed by atoms with van der Waals surface area (Å²) in [6.45, 7) is 7.13. The van der Waals surface area contributed by atoms with Gasteiger partial charge in [0.15, 0.2) is 0 Å². The highest BCUT2D eigenvalue weighted by Gasteiger charge is 2.46. The second kappa shape index (κ2) is 8.66. The van der Waals surface area contributed by atoms with Crippen LogP contribution in [0.3, 0.4) is 0 Å². The van der Waals surface area contributed by atoms with Crippen LogP contribution < -0.4 is 5.32 Å². The predicted molar refractivity (Wildman–Crippen MR) is 118 cm³/mol. The lowest BCUT2D eigenvalue weighted by Crippen LogP contribution is -2.08. The zero-order chi connectivity index (χ0) is 21.1. The minimum atomic E-state index is -0.111. The maximum Gasteiger partial charge on any atom is 0.309 e. The number of pyridine rings is 2. The molecule has 30 heavy (non-hydrogen) atoms. The summed E-state index contributed by atoms with van der Waals surface area (Å²) >= 11 is 0. The second-order valence-electron chi connectivity index (χ2n) is 7.87. The van der Waals surface area contributed by atoms with Gasteiger partial charge in [-0.1, -0.05) is 35.9 Å². The van der Waals surface area contributed by atoms with Crippen molar-refractivity contribution in [2.75, 3.05) is 11.9 Å². The maximum absolute atomic E-state index is 12.0. The molecule has 1 fully saturated rings. The quantitative estimate of drug-likeness (QED) is 0.562. The second-order valence-corrected chi connectivity index (χ2v) is 7.87. The highest BCUT2D eigenvalue weighted by Crippen LogP contribution is 2.48. The molecule has 2 aromatic heterocycles. The summed E-state index contributed by atoms with van der Waals surface area (Å²) in [5.74, 6) is 0.821. The van der Waals surface area contributed by atoms with Gasteiger partial charge >= 0.3 is 5.97 Å². The first-order chi connectivity index (χ1) is 14.5. The zero-order valence-corrected chi connectivity index (χ0v) is 17.7. The van der Waals surface area contributed by atoms with Crippen molar-refractivity contribution in [2.45, 2.75) is 39.7 Å². The Kier molecular flexibility index (Phi) is 5.79. The fourth-order valence-corrected chi connectivity index (χ4v) is 3.75. The average Bonchev–Trinajstić information content (AvgIpc) is 3.54. The summed E-state index contributed by atoms with van der Waals surface area (Å²) in [7, 11) is 0. The smallest absolute Gasteiger partial charge is 0.309 e. The van der Waals surface area contributed by atoms with Gasteiger partial charge in [0.05, 0.1) is 18.2 Å². The largest absolute Gasteiger partial charge is 0.466 e. The van der Waals surface area contributed by atoms with E-state index < -0.39 is 0 Å². The molecule has 0 bridgehead atoms. The van der Waals surface area contributed by atoms with Crippen LogP contribution in [0.5, 0.6) is 0 Å². The Balaban J connectivity index is 1.45. The summed E-state index contributed by atoms with van der Waals surface area (Å²) in [6.07, 6.45) is 2.66. The third kappa shape index (κ3) is 4.51. The molecule has 0 unspecified atom stereocenters. The molecule has 0 spiro atoms. The monoisotopic (exact) mass is 401 g/mol. The number of carbonyl (C=O) groups excluding carboxylic acids is 1. The van der Waals surface area contributed by atoms with Crippen LogP contribution in [0, 0.1) is 19.8 Å². The Morgan fingerprint density at radius 2 is 2.03 bits per heavy atom. The van der Waals surface area contributed by atoms with Gasteiger partial charge in [0.2, 0.25) is 0 Å². The Hall–Kier alpha value is -3.21. The molecule has 0 amide bonds. The minimum absolute atomic E-state index is 0.0577. The molecule has 5 nitrogen and oxygen atoms in total. The van der Waals surface area contributed by atoms with Gasteiger partial charge in [-0.25, -0.2) is 4.98 Å². The van der Waals surface area contributed by atoms with Gasteiger partial charge in [-0.15, -0.1) is 0 Å². The van der Waals surface area contributed by atoms with E-state index >= 15 is 0 Å². The predicted octanol–water partition coefficient (Wildman–Crippen LogP) is 5.04. The Labute approximate surface area is 177 Å². The molecule has 2 atom stereocenters. The van der Waals surface area contributed by atoms with Crippen LogP contribution in [0.1, 0.15) is 41.6 Å². The molecule has 3 aromatic rings. The van der Waals surface area contributed by atoms with Crippen LogP contribution in [-0.4, -0.2) is 22.5 Å². The first kappa shape index (κ1) is 20.1. The Morgan fingerprint density at radius 3 is 2.77 bits per heavy atom. The van der Waals surface area contributed by atoms with Crippen molar-refractivity contribution in [1.29, 1.82) is 0 Å². The van der Waals surface area contributed by atoms with Crippen molar-refractivity contribution in [1.82, 2.24) is 9.97 Å². The van der Waals surface area contributed by atoms with Crippen LogP contribution in [0.15, 0.2) is 54.7 Å². The van der Waals surface area contributed by atoms with Crippen molar-refractivity contribution in [3.8, 4) is 11.3 Å². The number of hydrogen-bond donors (Lipinski definition) is 1. The number of anilines is 1. The summed E-state index contributed by atoms with van der Waals surface area (Å²) in [6, 6.07) is 16.5. The molecule has 0 saturated heterocycles. The molecule has 1 aromatic carbocycles. The molecule has 154 valence electrons. The maximum atomic E-state index is 12.0. The van der Waals surface area contributed by atoms with Crippen LogP contribution in [0.2, 0.25) is 0 Å². The first-order valence-electron chi connectivity index (χ1n) is 10.4. The minimum Gasteiger partial charge on any atom is -0.466 e. The van der Waals surface area contributed by atoms with E-state index in [9.17, 15) is 4.79 Å². The van der Waals surface area contributed by atoms with E-state index in [-0.39, 0.29) is 17.8 Å². The number of rotatable bonds is 7. The lowest BCUT2D eigenvalue weighted by molar-refractivity contribution is -0.144. The van der Waals surface area contributed by atoms with Gasteiger partial charge in [-0.05, 0) is 56.5 Å². The van der Waals surface area contributed by atoms with Crippen LogP contribution in [-0.2, 0) is 16.1 Å². The van der Waals surface area contributed by atoms with Crippen molar-refractivity contribution < 1.29 is 9.53 Å². The highest BCUT2D eigenvalue weighted by molar-refractivity contribution is 5.77. The summed E-state index contributed by atoms with van der Waals surface area (Å²) in [5.41, 5.74) is 6.42. The van der Waals surface area contributed by atoms with E-state index in [1.165, 1.54) is 11.1 Å². The zero-order valence-electron chi connectivity index (χ0n) is 17.7. The number of carbonyl (C=O) groups is 1. The number of hydrogen-bond acceptors (Lipinski definition) is 5. The molecular formula is C25H27N3O2. The third-order valence-electron chi connectivity index (χ3n) is 5.48. The van der Waals surface area contributed by atoms with Crippen molar-refractivity contribution in [2.24, 2.45) is 5.92 Å². The molecule has 5 heteroatoms. The molecule has 0 aliphatic heterocycles. The molecule has 1 aliphatic carbocycles. The fraction of sp³-hybridized carbons (Fsp3) is 0.320. The average molecular weight is 402 g/mol. The van der Waals surface area contributed by atoms with Gasteiger partial charge in [-0.3, -0.25) is 9.78 Å². The number of ether oxygens (including phenoxy) is 1. The highest BCUT2D eigenvalue weighted by atomic mass is 16.5. The van der Waals surface area contributed by atoms with Crippen molar-refractivity contribution in [3.05, 3.63) is 77.1 Å². The molecule has 1 aliphatic rings. The van der Waals surface area contributed by atoms with Crippen molar-refractivity contribution in [3.63, 3.8) is 0 Å². The van der Waals surface area contributed by atoms with E-state index in [4.69, 9.17) is 9.72 Å². The molecule has 0 radical (unpaired) electrons. The van der Waals surface area contributed by atoms with Gasteiger partial charge in [0, 0.05) is 29.9 Å². The number of nitrogens with one attached hydrogen (secondary N) is 1. The number of esters is 1. The summed E-state index contributed by atoms with van der Waals surface area (Å²) in [5, 5.41) is 3.36. The Bertz CT molecular complexity index is 1050. The molecule has 1 saturated carbocycles. The van der Waals surface area contributed by atoms with Crippen LogP contribution >= 0.6 is 0 Å². The lowest BCUT2D eigenvalue weighted by Gasteiger charge is -2.10. The van der Waals surface area contributed by atoms with E-state index in [0.29, 0.717) is 6.61 Å². The molecular weight excluding hydrogens is 374 g/mol. The third-order valence-corrected chi connectivity index (χ3v) is 5.48. The van der Waals surface area contributed by atoms with E-state index in [0.717, 1.165) is 41.3 Å². The number of nitrogens with zero attached hydrogens (tertiary/aromatic N) is 2. The van der Waals surface area contributed by atoms with Crippen LogP contribution in [0.4, 0.5) is 5.82 Å². The van der Waals surface area contributed by atoms with E-state index in [1.54, 1.807) is 0 Å². The Morgan fingerprint density at radius 1 is 1.17 bits per heavy atom. The fourth-order valence-electron chi connectivity index (χ4n) is 3.75. The van der Waals surface area contributed by atoms with Gasteiger partial charge in [0.1, 0.15) is 5.82 Å². The molecule has 4 rings (SSSR count). The SMILES string of the molecule is CCOC(=O)[C@H]1C[C@@H]1c1nc(-c2ccc(NCc3cccc(C)c3)nc2)ccc1C. The van der Waals surface area contributed by atoms with E-state index in [1.807, 2.05) is 38.2 Å². The van der Waals surface area contributed by atoms with Gasteiger partial charge in [-0.2, -0.15) is 0 Å². The molecule has 1 N–H and O–H groups in total. The lowest BCUT2D eigenvalue weighted by atomic mass is 10.1. The number of aryl methyl sites for hydroxylation is 2. The number of benzene rings is 1. The normalized spacial score (nSPS) is 17.4. The van der Waals surface area contributed by atoms with Gasteiger partial charge in [0.25, 0.3) is 0 Å². The standard InChI is InChI=1S/C25H27N3O2/c1-4-30-25(29)21-13-20(21)24-17(3)8-10-22(28-24)19-9-11-23(27-15-19)26-14-18-7-5-6-16(2)12-18/h5-12,15,20-21H,4,13-14H2,1-3H3,(H,26,27)/t20-,21-/m0/s1. The first-order valence-corrected chi connectivity index (χ1v) is 10.4. The van der Waals surface area contributed by atoms with Crippen LogP contribution in [0.25, 0.3) is 11.3 Å². The van der Waals surface area contributed by atoms with Crippen molar-refractivity contribution >= 4 is 11.8 Å². The topological polar surface area (TPSA) is 64.1 Å². The van der Waals surface area contributed by atoms with E-state index in [2.05, 4.69) is 47.6 Å². The summed E-state index contributed by atoms with van der Waals surface area (Å²) < 4.78 is 5.16. The molecule has 2 heterocycles. The van der Waals surface area contributed by atoms with Gasteiger partial charge < -0.3 is 10.1 Å². The summed E-state index contributed by atoms with van der Waals surface area (Å²) in [4.78, 5) is 21.4.